The summed E-state index contributed by atoms with van der Waals surface area (Å²) in [4.78, 5) is 14.2. The molecule has 1 aliphatic rings. The number of carbonyl (C=O) groups is 1. The van der Waals surface area contributed by atoms with Gasteiger partial charge in [-0.15, -0.1) is 0 Å². The Kier molecular flexibility index (Phi) is 4.14. The van der Waals surface area contributed by atoms with Crippen LogP contribution >= 0.6 is 0 Å². The van der Waals surface area contributed by atoms with Gasteiger partial charge in [0.15, 0.2) is 23.1 Å². The molecule has 0 N–H and O–H groups in total. The molecule has 0 saturated heterocycles. The van der Waals surface area contributed by atoms with Gasteiger partial charge in [0.1, 0.15) is 0 Å². The van der Waals surface area contributed by atoms with Crippen LogP contribution < -0.4 is 9.47 Å². The fourth-order valence-corrected chi connectivity index (χ4v) is 2.45. The van der Waals surface area contributed by atoms with Crippen LogP contribution in [0, 0.1) is 11.6 Å². The summed E-state index contributed by atoms with van der Waals surface area (Å²) in [6.45, 7) is 2.49. The molecule has 1 aliphatic heterocycles. The lowest BCUT2D eigenvalue weighted by Gasteiger charge is -2.21. The normalized spacial score (nSPS) is 12.3. The van der Waals surface area contributed by atoms with E-state index < -0.39 is 11.6 Å². The third-order valence-corrected chi connectivity index (χ3v) is 3.65. The van der Waals surface area contributed by atoms with E-state index in [1.54, 1.807) is 18.2 Å². The molecule has 0 radical (unpaired) electrons. The average molecular weight is 319 g/mol. The van der Waals surface area contributed by atoms with Crippen LogP contribution in [-0.4, -0.2) is 24.1 Å². The summed E-state index contributed by atoms with van der Waals surface area (Å²) < 4.78 is 36.9. The van der Waals surface area contributed by atoms with Gasteiger partial charge < -0.3 is 14.4 Å². The highest BCUT2D eigenvalue weighted by molar-refractivity contribution is 5.98. The Balaban J connectivity index is 1.85. The number of para-hydroxylation sites is 1. The van der Waals surface area contributed by atoms with Crippen molar-refractivity contribution < 1.29 is 23.0 Å². The van der Waals surface area contributed by atoms with Crippen molar-refractivity contribution in [2.24, 2.45) is 0 Å². The summed E-state index contributed by atoms with van der Waals surface area (Å²) in [5.41, 5.74) is 0.910. The number of hydrogen-bond donors (Lipinski definition) is 0. The van der Waals surface area contributed by atoms with Crippen molar-refractivity contribution in [3.63, 3.8) is 0 Å². The number of ether oxygens (including phenoxy) is 2. The number of nitrogens with zero attached hydrogens (tertiary/aromatic N) is 1. The van der Waals surface area contributed by atoms with E-state index in [2.05, 4.69) is 0 Å². The molecule has 0 unspecified atom stereocenters. The summed E-state index contributed by atoms with van der Waals surface area (Å²) in [7, 11) is 0. The minimum atomic E-state index is -0.927. The summed E-state index contributed by atoms with van der Waals surface area (Å²) in [5, 5.41) is 0. The van der Waals surface area contributed by atoms with Gasteiger partial charge in [0.25, 0.3) is 5.91 Å². The Hall–Kier alpha value is -2.63. The minimum absolute atomic E-state index is 0.0783. The zero-order valence-electron chi connectivity index (χ0n) is 12.5. The topological polar surface area (TPSA) is 38.8 Å². The van der Waals surface area contributed by atoms with Crippen LogP contribution in [0.25, 0.3) is 0 Å². The lowest BCUT2D eigenvalue weighted by Crippen LogP contribution is -2.30. The first-order chi connectivity index (χ1) is 11.1. The van der Waals surface area contributed by atoms with Gasteiger partial charge in [-0.3, -0.25) is 4.79 Å². The van der Waals surface area contributed by atoms with Crippen LogP contribution in [-0.2, 0) is 6.54 Å². The molecule has 0 fully saturated rings. The van der Waals surface area contributed by atoms with Gasteiger partial charge in [0.05, 0.1) is 5.56 Å². The molecule has 23 heavy (non-hydrogen) atoms. The van der Waals surface area contributed by atoms with Gasteiger partial charge in [0.2, 0.25) is 6.79 Å². The molecular formula is C17H15F2NO3. The molecule has 2 aromatic carbocycles. The smallest absolute Gasteiger partial charge is 0.258 e. The molecule has 1 amide bonds. The molecule has 120 valence electrons. The molecule has 0 aromatic heterocycles. The standard InChI is InChI=1S/C17H15F2NO3/c1-2-20(9-11-6-7-13(18)14(19)8-11)17(21)12-4-3-5-15-16(12)23-10-22-15/h3-8H,2,9-10H2,1H3. The van der Waals surface area contributed by atoms with Crippen LogP contribution in [0.3, 0.4) is 0 Å². The van der Waals surface area contributed by atoms with Gasteiger partial charge in [-0.25, -0.2) is 8.78 Å². The fraction of sp³-hybridized carbons (Fsp3) is 0.235. The van der Waals surface area contributed by atoms with Gasteiger partial charge in [0, 0.05) is 13.1 Å². The Morgan fingerprint density at radius 2 is 2.00 bits per heavy atom. The Morgan fingerprint density at radius 3 is 2.74 bits per heavy atom. The van der Waals surface area contributed by atoms with Crippen molar-refractivity contribution >= 4 is 5.91 Å². The molecule has 4 nitrogen and oxygen atoms in total. The molecular weight excluding hydrogens is 304 g/mol. The average Bonchev–Trinajstić information content (AvgIpc) is 3.03. The molecule has 0 bridgehead atoms. The van der Waals surface area contributed by atoms with E-state index in [0.717, 1.165) is 12.1 Å². The minimum Gasteiger partial charge on any atom is -0.454 e. The molecule has 6 heteroatoms. The van der Waals surface area contributed by atoms with E-state index in [1.165, 1.54) is 11.0 Å². The van der Waals surface area contributed by atoms with Crippen molar-refractivity contribution in [2.75, 3.05) is 13.3 Å². The lowest BCUT2D eigenvalue weighted by atomic mass is 10.1. The maximum Gasteiger partial charge on any atom is 0.258 e. The molecule has 3 rings (SSSR count). The first kappa shape index (κ1) is 15.3. The van der Waals surface area contributed by atoms with Crippen molar-refractivity contribution in [2.45, 2.75) is 13.5 Å². The highest BCUT2D eigenvalue weighted by Gasteiger charge is 2.25. The van der Waals surface area contributed by atoms with Crippen LogP contribution in [0.1, 0.15) is 22.8 Å². The zero-order valence-corrected chi connectivity index (χ0v) is 12.5. The summed E-state index contributed by atoms with van der Waals surface area (Å²) in [5.74, 6) is -1.14. The first-order valence-corrected chi connectivity index (χ1v) is 7.22. The Bertz CT molecular complexity index is 749. The molecule has 0 atom stereocenters. The second-order valence-corrected chi connectivity index (χ2v) is 5.11. The molecule has 0 spiro atoms. The number of hydrogen-bond acceptors (Lipinski definition) is 3. The Labute approximate surface area is 132 Å². The Morgan fingerprint density at radius 1 is 1.17 bits per heavy atom. The predicted octanol–water partition coefficient (Wildman–Crippen LogP) is 3.36. The quantitative estimate of drug-likeness (QED) is 0.867. The SMILES string of the molecule is CCN(Cc1ccc(F)c(F)c1)C(=O)c1cccc2c1OCO2. The zero-order chi connectivity index (χ0) is 16.4. The second-order valence-electron chi connectivity index (χ2n) is 5.11. The van der Waals surface area contributed by atoms with Gasteiger partial charge in [-0.05, 0) is 36.8 Å². The number of rotatable bonds is 4. The third kappa shape index (κ3) is 2.97. The number of halogens is 2. The molecule has 0 aliphatic carbocycles. The van der Waals surface area contributed by atoms with Crippen LogP contribution in [0.4, 0.5) is 8.78 Å². The van der Waals surface area contributed by atoms with Gasteiger partial charge in [-0.2, -0.15) is 0 Å². The largest absolute Gasteiger partial charge is 0.454 e. The molecule has 0 saturated carbocycles. The first-order valence-electron chi connectivity index (χ1n) is 7.22. The molecule has 1 heterocycles. The van der Waals surface area contributed by atoms with Crippen molar-refractivity contribution in [1.29, 1.82) is 0 Å². The van der Waals surface area contributed by atoms with Gasteiger partial charge in [-0.1, -0.05) is 12.1 Å². The number of fused-ring (bicyclic) bond motifs is 1. The van der Waals surface area contributed by atoms with Gasteiger partial charge >= 0.3 is 0 Å². The third-order valence-electron chi connectivity index (χ3n) is 3.65. The summed E-state index contributed by atoms with van der Waals surface area (Å²) in [6.07, 6.45) is 0. The van der Waals surface area contributed by atoms with E-state index in [0.29, 0.717) is 29.2 Å². The van der Waals surface area contributed by atoms with Crippen LogP contribution in [0.15, 0.2) is 36.4 Å². The second kappa shape index (κ2) is 6.24. The van der Waals surface area contributed by atoms with Crippen molar-refractivity contribution in [3.8, 4) is 11.5 Å². The maximum absolute atomic E-state index is 13.3. The van der Waals surface area contributed by atoms with Crippen LogP contribution in [0.2, 0.25) is 0 Å². The van der Waals surface area contributed by atoms with E-state index in [-0.39, 0.29) is 19.2 Å². The number of amides is 1. The van der Waals surface area contributed by atoms with Crippen molar-refractivity contribution in [1.82, 2.24) is 4.90 Å². The van der Waals surface area contributed by atoms with E-state index in [9.17, 15) is 13.6 Å². The number of carbonyl (C=O) groups excluding carboxylic acids is 1. The highest BCUT2D eigenvalue weighted by Crippen LogP contribution is 2.36. The monoisotopic (exact) mass is 319 g/mol. The summed E-state index contributed by atoms with van der Waals surface area (Å²) in [6, 6.07) is 8.71. The van der Waals surface area contributed by atoms with E-state index >= 15 is 0 Å². The lowest BCUT2D eigenvalue weighted by molar-refractivity contribution is 0.0747. The number of benzene rings is 2. The molecule has 2 aromatic rings. The highest BCUT2D eigenvalue weighted by atomic mass is 19.2. The van der Waals surface area contributed by atoms with Crippen molar-refractivity contribution in [3.05, 3.63) is 59.2 Å². The van der Waals surface area contributed by atoms with E-state index in [4.69, 9.17) is 9.47 Å². The summed E-state index contributed by atoms with van der Waals surface area (Å²) >= 11 is 0. The fourth-order valence-electron chi connectivity index (χ4n) is 2.45. The predicted molar refractivity (Wildman–Crippen MR) is 79.3 cm³/mol. The van der Waals surface area contributed by atoms with Crippen LogP contribution in [0.5, 0.6) is 11.5 Å². The van der Waals surface area contributed by atoms with E-state index in [1.807, 2.05) is 6.92 Å². The maximum atomic E-state index is 13.3.